The number of nitrogens with zero attached hydrogens (tertiary/aromatic N) is 1. The minimum atomic E-state index is -0.499. The molecule has 1 aromatic heterocycles. The van der Waals surface area contributed by atoms with Crippen molar-refractivity contribution in [1.82, 2.24) is 4.98 Å². The molecule has 0 spiro atoms. The van der Waals surface area contributed by atoms with Crippen LogP contribution in [-0.2, 0) is 4.74 Å². The number of hydrogen-bond donors (Lipinski definition) is 1. The fourth-order valence-electron chi connectivity index (χ4n) is 3.52. The number of allylic oxidation sites excluding steroid dienone is 1. The van der Waals surface area contributed by atoms with Gasteiger partial charge in [-0.05, 0) is 49.2 Å². The summed E-state index contributed by atoms with van der Waals surface area (Å²) in [5, 5.41) is 11.6. The SMILES string of the molecule is CCOC(=O)c1c(C)[nH]c(C(=O)/C(C#N)=C/c2c(OC)ccc3ccccc23)c1C. The first-order valence-electron chi connectivity index (χ1n) is 9.51. The van der Waals surface area contributed by atoms with E-state index in [1.54, 1.807) is 33.9 Å². The molecule has 0 fully saturated rings. The lowest BCUT2D eigenvalue weighted by Gasteiger charge is -2.09. The molecule has 0 atom stereocenters. The van der Waals surface area contributed by atoms with Gasteiger partial charge in [0.25, 0.3) is 0 Å². The molecular weight excluding hydrogens is 380 g/mol. The Balaban J connectivity index is 2.13. The van der Waals surface area contributed by atoms with Crippen LogP contribution in [0, 0.1) is 25.2 Å². The molecule has 0 aliphatic rings. The Labute approximate surface area is 174 Å². The molecule has 152 valence electrons. The van der Waals surface area contributed by atoms with Crippen LogP contribution >= 0.6 is 0 Å². The van der Waals surface area contributed by atoms with Crippen molar-refractivity contribution in [3.8, 4) is 11.8 Å². The van der Waals surface area contributed by atoms with Gasteiger partial charge in [-0.3, -0.25) is 4.79 Å². The molecule has 0 aliphatic carbocycles. The van der Waals surface area contributed by atoms with Gasteiger partial charge in [0, 0.05) is 11.3 Å². The van der Waals surface area contributed by atoms with Crippen LogP contribution in [0.2, 0.25) is 0 Å². The predicted molar refractivity (Wildman–Crippen MR) is 115 cm³/mol. The van der Waals surface area contributed by atoms with Crippen molar-refractivity contribution in [1.29, 1.82) is 5.26 Å². The summed E-state index contributed by atoms with van der Waals surface area (Å²) >= 11 is 0. The molecule has 0 saturated carbocycles. The lowest BCUT2D eigenvalue weighted by Crippen LogP contribution is -2.08. The van der Waals surface area contributed by atoms with Crippen LogP contribution in [0.3, 0.4) is 0 Å². The minimum Gasteiger partial charge on any atom is -0.496 e. The van der Waals surface area contributed by atoms with E-state index < -0.39 is 11.8 Å². The molecule has 0 unspecified atom stereocenters. The fraction of sp³-hybridized carbons (Fsp3) is 0.208. The summed E-state index contributed by atoms with van der Waals surface area (Å²) in [5.74, 6) is -0.439. The molecule has 3 aromatic rings. The summed E-state index contributed by atoms with van der Waals surface area (Å²) in [6.07, 6.45) is 1.53. The zero-order chi connectivity index (χ0) is 21.8. The first-order valence-corrected chi connectivity index (χ1v) is 9.51. The second kappa shape index (κ2) is 8.66. The lowest BCUT2D eigenvalue weighted by molar-refractivity contribution is 0.0525. The van der Waals surface area contributed by atoms with Crippen LogP contribution < -0.4 is 4.74 Å². The number of nitriles is 1. The Morgan fingerprint density at radius 3 is 2.57 bits per heavy atom. The minimum absolute atomic E-state index is 0.0654. The number of ether oxygens (including phenoxy) is 2. The van der Waals surface area contributed by atoms with Gasteiger partial charge in [-0.15, -0.1) is 0 Å². The third-order valence-corrected chi connectivity index (χ3v) is 4.95. The van der Waals surface area contributed by atoms with E-state index in [4.69, 9.17) is 9.47 Å². The Morgan fingerprint density at radius 2 is 1.90 bits per heavy atom. The van der Waals surface area contributed by atoms with E-state index in [-0.39, 0.29) is 17.9 Å². The quantitative estimate of drug-likeness (QED) is 0.278. The highest BCUT2D eigenvalue weighted by Crippen LogP contribution is 2.31. The predicted octanol–water partition coefficient (Wildman–Crippen LogP) is 4.76. The van der Waals surface area contributed by atoms with E-state index in [2.05, 4.69) is 4.98 Å². The van der Waals surface area contributed by atoms with Gasteiger partial charge in [-0.1, -0.05) is 30.3 Å². The number of Topliss-reactive ketones (excluding diaryl/α,β-unsaturated/α-hetero) is 1. The molecule has 6 nitrogen and oxygen atoms in total. The zero-order valence-electron chi connectivity index (χ0n) is 17.3. The number of carbonyl (C=O) groups is 2. The topological polar surface area (TPSA) is 92.2 Å². The number of aryl methyl sites for hydroxylation is 1. The summed E-state index contributed by atoms with van der Waals surface area (Å²) in [5.41, 5.74) is 2.08. The molecule has 2 aromatic carbocycles. The second-order valence-corrected chi connectivity index (χ2v) is 6.75. The van der Waals surface area contributed by atoms with Gasteiger partial charge >= 0.3 is 5.97 Å². The summed E-state index contributed by atoms with van der Waals surface area (Å²) in [4.78, 5) is 28.3. The highest BCUT2D eigenvalue weighted by Gasteiger charge is 2.25. The van der Waals surface area contributed by atoms with Gasteiger partial charge in [-0.2, -0.15) is 5.26 Å². The normalized spacial score (nSPS) is 11.2. The van der Waals surface area contributed by atoms with E-state index in [1.165, 1.54) is 6.08 Å². The molecule has 0 bridgehead atoms. The third kappa shape index (κ3) is 3.70. The molecule has 3 rings (SSSR count). The van der Waals surface area contributed by atoms with Crippen molar-refractivity contribution < 1.29 is 19.1 Å². The van der Waals surface area contributed by atoms with Gasteiger partial charge in [0.05, 0.1) is 25.0 Å². The van der Waals surface area contributed by atoms with Gasteiger partial charge < -0.3 is 14.5 Å². The Morgan fingerprint density at radius 1 is 1.17 bits per heavy atom. The molecule has 1 heterocycles. The summed E-state index contributed by atoms with van der Waals surface area (Å²) in [6, 6.07) is 13.4. The molecule has 0 amide bonds. The number of aromatic nitrogens is 1. The first-order chi connectivity index (χ1) is 14.4. The first kappa shape index (κ1) is 20.9. The average molecular weight is 402 g/mol. The number of rotatable bonds is 6. The van der Waals surface area contributed by atoms with Crippen molar-refractivity contribution in [2.45, 2.75) is 20.8 Å². The van der Waals surface area contributed by atoms with Crippen LogP contribution in [0.4, 0.5) is 0 Å². The maximum atomic E-state index is 13.2. The fourth-order valence-corrected chi connectivity index (χ4v) is 3.52. The van der Waals surface area contributed by atoms with Gasteiger partial charge in [0.2, 0.25) is 5.78 Å². The van der Waals surface area contributed by atoms with Gasteiger partial charge in [-0.25, -0.2) is 4.79 Å². The van der Waals surface area contributed by atoms with Crippen LogP contribution in [0.1, 0.15) is 44.6 Å². The molecular formula is C24H22N2O4. The van der Waals surface area contributed by atoms with Crippen LogP contribution in [0.5, 0.6) is 5.75 Å². The van der Waals surface area contributed by atoms with E-state index in [0.29, 0.717) is 28.1 Å². The zero-order valence-corrected chi connectivity index (χ0v) is 17.3. The number of H-pyrrole nitrogens is 1. The maximum absolute atomic E-state index is 13.2. The van der Waals surface area contributed by atoms with E-state index in [9.17, 15) is 14.9 Å². The molecule has 0 aliphatic heterocycles. The molecule has 30 heavy (non-hydrogen) atoms. The molecule has 0 saturated heterocycles. The number of nitrogens with one attached hydrogen (secondary N) is 1. The third-order valence-electron chi connectivity index (χ3n) is 4.95. The highest BCUT2D eigenvalue weighted by atomic mass is 16.5. The van der Waals surface area contributed by atoms with Crippen molar-refractivity contribution >= 4 is 28.6 Å². The standard InChI is InChI=1S/C24H22N2O4/c1-5-30-24(28)21-14(2)22(26-15(21)3)23(27)17(13-25)12-19-18-9-7-6-8-16(18)10-11-20(19)29-4/h6-12,26H,5H2,1-4H3/b17-12+. The number of benzene rings is 2. The van der Waals surface area contributed by atoms with Gasteiger partial charge in [0.1, 0.15) is 17.4 Å². The van der Waals surface area contributed by atoms with E-state index in [1.807, 2.05) is 36.4 Å². The molecule has 0 radical (unpaired) electrons. The molecule has 1 N–H and O–H groups in total. The Bertz CT molecular complexity index is 1210. The number of ketones is 1. The number of esters is 1. The van der Waals surface area contributed by atoms with Crippen LogP contribution in [-0.4, -0.2) is 30.5 Å². The Kier molecular flexibility index (Phi) is 6.03. The number of carbonyl (C=O) groups excluding carboxylic acids is 2. The second-order valence-electron chi connectivity index (χ2n) is 6.75. The number of methoxy groups -OCH3 is 1. The van der Waals surface area contributed by atoms with Crippen molar-refractivity contribution in [3.63, 3.8) is 0 Å². The Hall–Kier alpha value is -3.85. The number of fused-ring (bicyclic) bond motifs is 1. The smallest absolute Gasteiger partial charge is 0.340 e. The van der Waals surface area contributed by atoms with Gasteiger partial charge in [0.15, 0.2) is 0 Å². The van der Waals surface area contributed by atoms with E-state index >= 15 is 0 Å². The van der Waals surface area contributed by atoms with Crippen molar-refractivity contribution in [2.75, 3.05) is 13.7 Å². The maximum Gasteiger partial charge on any atom is 0.340 e. The number of aromatic amines is 1. The highest BCUT2D eigenvalue weighted by molar-refractivity contribution is 6.16. The monoisotopic (exact) mass is 402 g/mol. The van der Waals surface area contributed by atoms with Crippen molar-refractivity contribution in [2.24, 2.45) is 0 Å². The summed E-state index contributed by atoms with van der Waals surface area (Å²) < 4.78 is 10.5. The average Bonchev–Trinajstić information content (AvgIpc) is 3.05. The molecule has 6 heteroatoms. The number of hydrogen-bond acceptors (Lipinski definition) is 5. The summed E-state index contributed by atoms with van der Waals surface area (Å²) in [7, 11) is 1.54. The lowest BCUT2D eigenvalue weighted by atomic mass is 9.98. The van der Waals surface area contributed by atoms with Crippen LogP contribution in [0.15, 0.2) is 42.0 Å². The summed E-state index contributed by atoms with van der Waals surface area (Å²) in [6.45, 7) is 5.31. The van der Waals surface area contributed by atoms with Crippen molar-refractivity contribution in [3.05, 3.63) is 70.0 Å². The largest absolute Gasteiger partial charge is 0.496 e. The van der Waals surface area contributed by atoms with Crippen LogP contribution in [0.25, 0.3) is 16.8 Å². The van der Waals surface area contributed by atoms with E-state index in [0.717, 1.165) is 10.8 Å².